The van der Waals surface area contributed by atoms with Gasteiger partial charge in [-0.15, -0.1) is 0 Å². The van der Waals surface area contributed by atoms with Crippen molar-refractivity contribution in [2.45, 2.75) is 37.3 Å². The molecule has 2 aromatic carbocycles. The number of nitrogens with two attached hydrogens (primary N) is 1. The molecule has 15 heteroatoms. The van der Waals surface area contributed by atoms with Gasteiger partial charge in [-0.25, -0.2) is 18.7 Å². The summed E-state index contributed by atoms with van der Waals surface area (Å²) in [6.45, 7) is -0.115. The number of amides is 4. The Morgan fingerprint density at radius 2 is 1.77 bits per heavy atom. The van der Waals surface area contributed by atoms with Gasteiger partial charge in [0.1, 0.15) is 17.3 Å². The smallest absolute Gasteiger partial charge is 0.282 e. The van der Waals surface area contributed by atoms with E-state index in [2.05, 4.69) is 10.3 Å². The number of primary amides is 1. The van der Waals surface area contributed by atoms with Gasteiger partial charge in [0.2, 0.25) is 17.8 Å². The average Bonchev–Trinajstić information content (AvgIpc) is 3.44. The molecule has 1 aromatic heterocycles. The third-order valence-corrected chi connectivity index (χ3v) is 7.67. The van der Waals surface area contributed by atoms with E-state index in [9.17, 15) is 33.2 Å². The lowest BCUT2D eigenvalue weighted by atomic mass is 9.91. The van der Waals surface area contributed by atoms with Crippen LogP contribution in [0.5, 0.6) is 0 Å². The number of imidazole rings is 1. The maximum absolute atomic E-state index is 14.1. The summed E-state index contributed by atoms with van der Waals surface area (Å²) in [6, 6.07) is 11.5. The summed E-state index contributed by atoms with van der Waals surface area (Å²) < 4.78 is 28.2. The Hall–Kier alpha value is -4.54. The topological polar surface area (TPSA) is 154 Å². The molecule has 1 saturated heterocycles. The van der Waals surface area contributed by atoms with Crippen LogP contribution in [0.25, 0.3) is 0 Å². The van der Waals surface area contributed by atoms with Crippen LogP contribution in [-0.2, 0) is 26.3 Å². The Morgan fingerprint density at radius 3 is 2.33 bits per heavy atom. The average molecular weight is 630 g/mol. The summed E-state index contributed by atoms with van der Waals surface area (Å²) in [6.07, 6.45) is 0.609. The van der Waals surface area contributed by atoms with Crippen LogP contribution >= 0.6 is 23.2 Å². The van der Waals surface area contributed by atoms with Crippen LogP contribution in [0.4, 0.5) is 20.4 Å². The summed E-state index contributed by atoms with van der Waals surface area (Å²) in [5, 5.41) is 12.1. The minimum absolute atomic E-state index is 0.0461. The van der Waals surface area contributed by atoms with E-state index in [0.29, 0.717) is 11.1 Å². The van der Waals surface area contributed by atoms with Crippen LogP contribution in [0.2, 0.25) is 10.0 Å². The summed E-state index contributed by atoms with van der Waals surface area (Å²) in [4.78, 5) is 58.8. The van der Waals surface area contributed by atoms with E-state index in [1.165, 1.54) is 33.9 Å². The first kappa shape index (κ1) is 29.9. The van der Waals surface area contributed by atoms with Crippen molar-refractivity contribution in [3.05, 3.63) is 75.5 Å². The van der Waals surface area contributed by atoms with E-state index in [1.54, 1.807) is 31.2 Å². The zero-order valence-corrected chi connectivity index (χ0v) is 24.0. The number of benzene rings is 2. The zero-order chi connectivity index (χ0) is 31.3. The maximum atomic E-state index is 14.1. The van der Waals surface area contributed by atoms with E-state index < -0.39 is 60.6 Å². The fraction of sp³-hybridized carbons (Fsp3) is 0.286. The molecule has 0 unspecified atom stereocenters. The van der Waals surface area contributed by atoms with Crippen LogP contribution in [0.15, 0.2) is 48.7 Å². The van der Waals surface area contributed by atoms with Gasteiger partial charge < -0.3 is 16.0 Å². The number of fused-ring (bicyclic) bond motifs is 1. The second-order valence-corrected chi connectivity index (χ2v) is 11.4. The van der Waals surface area contributed by atoms with Gasteiger partial charge in [0.05, 0.1) is 43.0 Å². The Kier molecular flexibility index (Phi) is 7.62. The lowest BCUT2D eigenvalue weighted by molar-refractivity contribution is -0.167. The summed E-state index contributed by atoms with van der Waals surface area (Å²) in [7, 11) is 0. The third kappa shape index (κ3) is 5.63. The molecule has 0 aliphatic carbocycles. The Morgan fingerprint density at radius 1 is 1.14 bits per heavy atom. The molecule has 3 aromatic rings. The molecule has 2 atom stereocenters. The number of halogens is 4. The number of carbonyl (C=O) groups excluding carboxylic acids is 4. The second-order valence-electron chi connectivity index (χ2n) is 10.6. The molecule has 1 fully saturated rings. The Balaban J connectivity index is 1.55. The van der Waals surface area contributed by atoms with Gasteiger partial charge in [-0.05, 0) is 42.8 Å². The highest BCUT2D eigenvalue weighted by Gasteiger charge is 2.52. The SMILES string of the molecule is C[C@@]1(Cc2ccc(C#N)cc2)C(=O)N(c2cc(Cl)cc(Cl)c2)c2ncc(C(=O)N[C@H](CC(N)=O)C(=O)N3CC(F)(F)C3)n21. The lowest BCUT2D eigenvalue weighted by Gasteiger charge is -2.40. The minimum Gasteiger partial charge on any atom is -0.370 e. The number of nitriles is 1. The molecule has 43 heavy (non-hydrogen) atoms. The quantitative estimate of drug-likeness (QED) is 0.390. The highest BCUT2D eigenvalue weighted by molar-refractivity contribution is 6.35. The number of carbonyl (C=O) groups is 4. The Bertz CT molecular complexity index is 1680. The normalized spacial score (nSPS) is 19.3. The number of nitrogens with one attached hydrogen (secondary N) is 1. The van der Waals surface area contributed by atoms with Crippen molar-refractivity contribution in [2.75, 3.05) is 18.0 Å². The van der Waals surface area contributed by atoms with E-state index in [4.69, 9.17) is 28.9 Å². The first-order valence-corrected chi connectivity index (χ1v) is 13.6. The standard InChI is InChI=1S/C28H23Cl2F2N7O4/c1-27(10-15-2-4-16(11-33)5-3-15)25(43)38(19-7-17(29)6-18(30)8-19)26-35-12-21(39(26)27)23(41)36-20(9-22(34)40)24(42)37-13-28(31,32)14-37/h2-8,12,20H,9-10,13-14H2,1H3,(H2,34,40)(H,36,41)/t20-,27-/m1/s1. The fourth-order valence-electron chi connectivity index (χ4n) is 5.25. The van der Waals surface area contributed by atoms with Gasteiger partial charge in [-0.3, -0.25) is 23.7 Å². The predicted molar refractivity (Wildman–Crippen MR) is 151 cm³/mol. The monoisotopic (exact) mass is 629 g/mol. The number of alkyl halides is 2. The molecular weight excluding hydrogens is 607 g/mol. The number of anilines is 2. The van der Waals surface area contributed by atoms with Crippen molar-refractivity contribution in [1.82, 2.24) is 19.8 Å². The van der Waals surface area contributed by atoms with Crippen molar-refractivity contribution in [3.63, 3.8) is 0 Å². The number of aromatic nitrogens is 2. The summed E-state index contributed by atoms with van der Waals surface area (Å²) in [5.74, 6) is -6.23. The predicted octanol–water partition coefficient (Wildman–Crippen LogP) is 3.15. The lowest BCUT2D eigenvalue weighted by Crippen LogP contribution is -2.63. The molecular formula is C28H23Cl2F2N7O4. The Labute approximate surface area is 253 Å². The van der Waals surface area contributed by atoms with Crippen molar-refractivity contribution >= 4 is 58.5 Å². The number of likely N-dealkylation sites (tertiary alicyclic amines) is 1. The van der Waals surface area contributed by atoms with Crippen LogP contribution in [-0.4, -0.2) is 63.1 Å². The molecule has 0 saturated carbocycles. The highest BCUT2D eigenvalue weighted by Crippen LogP contribution is 2.43. The van der Waals surface area contributed by atoms with Crippen LogP contribution in [0.1, 0.15) is 35.0 Å². The molecule has 222 valence electrons. The molecule has 0 bridgehead atoms. The molecule has 11 nitrogen and oxygen atoms in total. The maximum Gasteiger partial charge on any atom is 0.282 e. The van der Waals surface area contributed by atoms with E-state index >= 15 is 0 Å². The highest BCUT2D eigenvalue weighted by atomic mass is 35.5. The van der Waals surface area contributed by atoms with Crippen LogP contribution in [0, 0.1) is 11.3 Å². The van der Waals surface area contributed by atoms with E-state index in [1.807, 2.05) is 6.07 Å². The molecule has 0 radical (unpaired) electrons. The zero-order valence-electron chi connectivity index (χ0n) is 22.5. The van der Waals surface area contributed by atoms with Crippen molar-refractivity contribution in [1.29, 1.82) is 5.26 Å². The first-order valence-electron chi connectivity index (χ1n) is 12.9. The largest absolute Gasteiger partial charge is 0.370 e. The van der Waals surface area contributed by atoms with Crippen molar-refractivity contribution in [3.8, 4) is 6.07 Å². The number of hydrogen-bond donors (Lipinski definition) is 2. The first-order chi connectivity index (χ1) is 20.2. The molecule has 2 aliphatic heterocycles. The third-order valence-electron chi connectivity index (χ3n) is 7.23. The van der Waals surface area contributed by atoms with Crippen LogP contribution < -0.4 is 16.0 Å². The van der Waals surface area contributed by atoms with E-state index in [-0.39, 0.29) is 33.8 Å². The van der Waals surface area contributed by atoms with Crippen molar-refractivity contribution in [2.24, 2.45) is 5.73 Å². The summed E-state index contributed by atoms with van der Waals surface area (Å²) in [5.41, 5.74) is 5.02. The van der Waals surface area contributed by atoms with Gasteiger partial charge in [0.25, 0.3) is 17.7 Å². The number of nitrogens with zero attached hydrogens (tertiary/aromatic N) is 5. The van der Waals surface area contributed by atoms with Crippen molar-refractivity contribution < 1.29 is 28.0 Å². The molecule has 2 aliphatic rings. The molecule has 0 spiro atoms. The second kappa shape index (κ2) is 10.9. The van der Waals surface area contributed by atoms with Gasteiger partial charge in [0, 0.05) is 16.5 Å². The molecule has 3 N–H and O–H groups in total. The minimum atomic E-state index is -3.07. The van der Waals surface area contributed by atoms with Gasteiger partial charge in [-0.1, -0.05) is 35.3 Å². The van der Waals surface area contributed by atoms with Gasteiger partial charge in [0.15, 0.2) is 0 Å². The summed E-state index contributed by atoms with van der Waals surface area (Å²) >= 11 is 12.4. The van der Waals surface area contributed by atoms with Gasteiger partial charge in [-0.2, -0.15) is 5.26 Å². The number of rotatable bonds is 8. The van der Waals surface area contributed by atoms with E-state index in [0.717, 1.165) is 4.90 Å². The van der Waals surface area contributed by atoms with Gasteiger partial charge >= 0.3 is 0 Å². The molecule has 4 amide bonds. The number of hydrogen-bond acceptors (Lipinski definition) is 6. The molecule has 5 rings (SSSR count). The fourth-order valence-corrected chi connectivity index (χ4v) is 5.76. The van der Waals surface area contributed by atoms with Crippen LogP contribution in [0.3, 0.4) is 0 Å². The molecule has 3 heterocycles.